The van der Waals surface area contributed by atoms with Crippen LogP contribution in [0.25, 0.3) is 0 Å². The first-order valence-corrected chi connectivity index (χ1v) is 8.82. The number of rotatable bonds is 5. The van der Waals surface area contributed by atoms with Gasteiger partial charge in [0.2, 0.25) is 11.8 Å². The summed E-state index contributed by atoms with van der Waals surface area (Å²) in [5.41, 5.74) is 0. The molecule has 4 nitrogen and oxygen atoms in total. The number of hydrogen-bond donors (Lipinski definition) is 1. The van der Waals surface area contributed by atoms with Crippen molar-refractivity contribution < 1.29 is 9.59 Å². The molecule has 1 aliphatic heterocycles. The molecule has 3 saturated carbocycles. The van der Waals surface area contributed by atoms with E-state index in [1.807, 2.05) is 4.90 Å². The molecule has 0 aromatic carbocycles. The molecule has 0 spiro atoms. The van der Waals surface area contributed by atoms with Crippen molar-refractivity contribution in [2.45, 2.75) is 69.9 Å². The highest BCUT2D eigenvalue weighted by Gasteiger charge is 2.44. The maximum absolute atomic E-state index is 12.5. The summed E-state index contributed by atoms with van der Waals surface area (Å²) in [5, 5.41) is 3.30. The third-order valence-electron chi connectivity index (χ3n) is 5.86. The van der Waals surface area contributed by atoms with Crippen LogP contribution < -0.4 is 5.32 Å². The van der Waals surface area contributed by atoms with Crippen molar-refractivity contribution in [3.05, 3.63) is 0 Å². The van der Waals surface area contributed by atoms with E-state index in [0.717, 1.165) is 24.7 Å². The Bertz CT molecular complexity index is 424. The largest absolute Gasteiger partial charge is 0.353 e. The Morgan fingerprint density at radius 2 is 1.67 bits per heavy atom. The summed E-state index contributed by atoms with van der Waals surface area (Å²) < 4.78 is 0. The van der Waals surface area contributed by atoms with Crippen LogP contribution in [-0.2, 0) is 9.59 Å². The Balaban J connectivity index is 1.35. The van der Waals surface area contributed by atoms with Gasteiger partial charge < -0.3 is 10.2 Å². The van der Waals surface area contributed by atoms with Gasteiger partial charge in [0, 0.05) is 25.0 Å². The third-order valence-corrected chi connectivity index (χ3v) is 5.86. The smallest absolute Gasteiger partial charge is 0.225 e. The molecule has 1 unspecified atom stereocenters. The van der Waals surface area contributed by atoms with Gasteiger partial charge in [-0.25, -0.2) is 0 Å². The van der Waals surface area contributed by atoms with Crippen molar-refractivity contribution in [1.29, 1.82) is 0 Å². The maximum Gasteiger partial charge on any atom is 0.225 e. The van der Waals surface area contributed by atoms with Gasteiger partial charge in [-0.3, -0.25) is 9.59 Å². The molecular formula is C17H26N2O2. The van der Waals surface area contributed by atoms with Crippen LogP contribution in [0.2, 0.25) is 0 Å². The molecule has 21 heavy (non-hydrogen) atoms. The molecule has 4 rings (SSSR count). The normalized spacial score (nSPS) is 30.4. The van der Waals surface area contributed by atoms with Gasteiger partial charge in [-0.15, -0.1) is 0 Å². The summed E-state index contributed by atoms with van der Waals surface area (Å²) in [4.78, 5) is 26.7. The summed E-state index contributed by atoms with van der Waals surface area (Å²) in [5.74, 6) is 1.70. The molecular weight excluding hydrogens is 264 g/mol. The van der Waals surface area contributed by atoms with Crippen molar-refractivity contribution >= 4 is 11.8 Å². The summed E-state index contributed by atoms with van der Waals surface area (Å²) >= 11 is 0. The third kappa shape index (κ3) is 2.82. The SMILES string of the molecule is O=C(NC(C1CC1)C1CC1)C1CC(=O)N(C2CCCC2)C1. The first kappa shape index (κ1) is 13.6. The van der Waals surface area contributed by atoms with E-state index in [4.69, 9.17) is 0 Å². The van der Waals surface area contributed by atoms with E-state index in [0.29, 0.717) is 25.0 Å². The van der Waals surface area contributed by atoms with Crippen molar-refractivity contribution in [3.63, 3.8) is 0 Å². The second-order valence-electron chi connectivity index (χ2n) is 7.59. The average Bonchev–Trinajstić information content (AvgIpc) is 3.39. The summed E-state index contributed by atoms with van der Waals surface area (Å²) in [6.07, 6.45) is 10.3. The van der Waals surface area contributed by atoms with Crippen molar-refractivity contribution in [2.24, 2.45) is 17.8 Å². The summed E-state index contributed by atoms with van der Waals surface area (Å²) in [6.45, 7) is 0.664. The monoisotopic (exact) mass is 290 g/mol. The fourth-order valence-electron chi connectivity index (χ4n) is 4.29. The lowest BCUT2D eigenvalue weighted by molar-refractivity contribution is -0.130. The number of hydrogen-bond acceptors (Lipinski definition) is 2. The number of likely N-dealkylation sites (tertiary alicyclic amines) is 1. The molecule has 0 aromatic heterocycles. The van der Waals surface area contributed by atoms with Crippen molar-refractivity contribution in [1.82, 2.24) is 10.2 Å². The maximum atomic E-state index is 12.5. The van der Waals surface area contributed by atoms with Gasteiger partial charge in [0.05, 0.1) is 5.92 Å². The second-order valence-corrected chi connectivity index (χ2v) is 7.59. The van der Waals surface area contributed by atoms with E-state index >= 15 is 0 Å². The molecule has 4 aliphatic rings. The Morgan fingerprint density at radius 3 is 2.24 bits per heavy atom. The van der Waals surface area contributed by atoms with E-state index in [1.165, 1.54) is 38.5 Å². The van der Waals surface area contributed by atoms with Gasteiger partial charge >= 0.3 is 0 Å². The molecule has 2 amide bonds. The molecule has 116 valence electrons. The minimum Gasteiger partial charge on any atom is -0.353 e. The van der Waals surface area contributed by atoms with Crippen LogP contribution in [0.4, 0.5) is 0 Å². The Kier molecular flexibility index (Phi) is 3.43. The van der Waals surface area contributed by atoms with Crippen LogP contribution in [0.1, 0.15) is 57.8 Å². The Hall–Kier alpha value is -1.06. The highest BCUT2D eigenvalue weighted by molar-refractivity contribution is 5.89. The second kappa shape index (κ2) is 5.29. The number of amides is 2. The van der Waals surface area contributed by atoms with E-state index < -0.39 is 0 Å². The summed E-state index contributed by atoms with van der Waals surface area (Å²) in [6, 6.07) is 0.825. The van der Waals surface area contributed by atoms with Gasteiger partial charge in [0.15, 0.2) is 0 Å². The molecule has 3 aliphatic carbocycles. The molecule has 4 heteroatoms. The molecule has 4 fully saturated rings. The number of carbonyl (C=O) groups is 2. The fraction of sp³-hybridized carbons (Fsp3) is 0.882. The quantitative estimate of drug-likeness (QED) is 0.843. The van der Waals surface area contributed by atoms with E-state index in [1.54, 1.807) is 0 Å². The van der Waals surface area contributed by atoms with Gasteiger partial charge in [-0.2, -0.15) is 0 Å². The fourth-order valence-corrected chi connectivity index (χ4v) is 4.29. The number of nitrogens with zero attached hydrogens (tertiary/aromatic N) is 1. The minimum absolute atomic E-state index is 0.0990. The van der Waals surface area contributed by atoms with Crippen LogP contribution >= 0.6 is 0 Å². The highest BCUT2D eigenvalue weighted by atomic mass is 16.2. The van der Waals surface area contributed by atoms with Crippen LogP contribution in [0, 0.1) is 17.8 Å². The molecule has 1 saturated heterocycles. The molecule has 1 N–H and O–H groups in total. The topological polar surface area (TPSA) is 49.4 Å². The number of nitrogens with one attached hydrogen (secondary N) is 1. The molecule has 0 bridgehead atoms. The molecule has 1 heterocycles. The zero-order valence-corrected chi connectivity index (χ0v) is 12.7. The lowest BCUT2D eigenvalue weighted by Crippen LogP contribution is -2.42. The highest BCUT2D eigenvalue weighted by Crippen LogP contribution is 2.44. The van der Waals surface area contributed by atoms with E-state index in [-0.39, 0.29) is 17.7 Å². The predicted molar refractivity (Wildman–Crippen MR) is 79.5 cm³/mol. The van der Waals surface area contributed by atoms with Gasteiger partial charge in [-0.1, -0.05) is 12.8 Å². The van der Waals surface area contributed by atoms with Crippen LogP contribution in [0.5, 0.6) is 0 Å². The predicted octanol–water partition coefficient (Wildman–Crippen LogP) is 2.08. The van der Waals surface area contributed by atoms with Gasteiger partial charge in [0.1, 0.15) is 0 Å². The Labute approximate surface area is 126 Å². The van der Waals surface area contributed by atoms with Crippen LogP contribution in [-0.4, -0.2) is 35.3 Å². The van der Waals surface area contributed by atoms with Gasteiger partial charge in [0.25, 0.3) is 0 Å². The molecule has 0 radical (unpaired) electrons. The molecule has 1 atom stereocenters. The lowest BCUT2D eigenvalue weighted by atomic mass is 10.0. The first-order valence-electron chi connectivity index (χ1n) is 8.82. The first-order chi connectivity index (χ1) is 10.2. The standard InChI is InChI=1S/C17H26N2O2/c20-15-9-13(10-19(15)14-3-1-2-4-14)17(21)18-16(11-5-6-11)12-7-8-12/h11-14,16H,1-10H2,(H,18,21). The summed E-state index contributed by atoms with van der Waals surface area (Å²) in [7, 11) is 0. The van der Waals surface area contributed by atoms with Crippen molar-refractivity contribution in [3.8, 4) is 0 Å². The van der Waals surface area contributed by atoms with Gasteiger partial charge in [-0.05, 0) is 50.4 Å². The zero-order valence-electron chi connectivity index (χ0n) is 12.7. The average molecular weight is 290 g/mol. The Morgan fingerprint density at radius 1 is 1.05 bits per heavy atom. The van der Waals surface area contributed by atoms with E-state index in [2.05, 4.69) is 5.32 Å². The lowest BCUT2D eigenvalue weighted by Gasteiger charge is -2.24. The van der Waals surface area contributed by atoms with Crippen LogP contribution in [0.3, 0.4) is 0 Å². The molecule has 0 aromatic rings. The zero-order chi connectivity index (χ0) is 14.4. The van der Waals surface area contributed by atoms with Crippen molar-refractivity contribution in [2.75, 3.05) is 6.54 Å². The van der Waals surface area contributed by atoms with E-state index in [9.17, 15) is 9.59 Å². The minimum atomic E-state index is -0.0990. The van der Waals surface area contributed by atoms with Crippen LogP contribution in [0.15, 0.2) is 0 Å². The number of carbonyl (C=O) groups excluding carboxylic acids is 2.